The van der Waals surface area contributed by atoms with Crippen LogP contribution in [0.3, 0.4) is 0 Å². The van der Waals surface area contributed by atoms with Gasteiger partial charge in [-0.3, -0.25) is 0 Å². The van der Waals surface area contributed by atoms with Gasteiger partial charge in [-0.05, 0) is 21.1 Å². The van der Waals surface area contributed by atoms with Gasteiger partial charge in [-0.15, -0.1) is 12.4 Å². The van der Waals surface area contributed by atoms with Gasteiger partial charge in [0.15, 0.2) is 0 Å². The molecule has 0 fully saturated rings. The summed E-state index contributed by atoms with van der Waals surface area (Å²) in [6, 6.07) is 0. The van der Waals surface area contributed by atoms with Gasteiger partial charge in [0.1, 0.15) is 0 Å². The van der Waals surface area contributed by atoms with Gasteiger partial charge < -0.3 is 23.5 Å². The van der Waals surface area contributed by atoms with Crippen LogP contribution in [-0.4, -0.2) is 26.0 Å². The molecule has 0 heterocycles. The first-order chi connectivity index (χ1) is 1.73. The quantitative estimate of drug-likeness (QED) is 0.424. The molecule has 0 rings (SSSR count). The first-order valence-electron chi connectivity index (χ1n) is 1.34. The van der Waals surface area contributed by atoms with E-state index < -0.39 is 0 Å². The summed E-state index contributed by atoms with van der Waals surface area (Å²) in [6.45, 7) is 0. The molecule has 0 aliphatic rings. The lowest BCUT2D eigenvalue weighted by atomic mass is 11.0. The van der Waals surface area contributed by atoms with Crippen LogP contribution < -0.4 is 18.6 Å². The molecule has 50 valence electrons. The maximum Gasteiger partial charge on any atom is -0.0140 e. The summed E-state index contributed by atoms with van der Waals surface area (Å²) in [4.78, 5) is 2.00. The van der Waals surface area contributed by atoms with Crippen LogP contribution >= 0.6 is 12.4 Å². The number of rotatable bonds is 0. The summed E-state index contributed by atoms with van der Waals surface area (Å²) >= 11 is 0. The van der Waals surface area contributed by atoms with Crippen LogP contribution in [0.4, 0.5) is 0 Å². The van der Waals surface area contributed by atoms with E-state index in [4.69, 9.17) is 0 Å². The summed E-state index contributed by atoms with van der Waals surface area (Å²) in [6.07, 6.45) is 0. The van der Waals surface area contributed by atoms with Crippen molar-refractivity contribution in [3.05, 3.63) is 0 Å². The molecule has 0 bridgehead atoms. The standard InChI is InChI=1S/C3H9N.2ClH.H3N/c1-4(2)3;;;/h1-3H3;2*1H;1H3. The molecular formula is C3H14Cl2N2. The zero-order valence-corrected chi connectivity index (χ0v) is 6.81. The molecule has 0 spiro atoms. The highest BCUT2D eigenvalue weighted by Gasteiger charge is 1.58. The highest BCUT2D eigenvalue weighted by Crippen LogP contribution is 1.47. The molecule has 0 aromatic carbocycles. The van der Waals surface area contributed by atoms with Crippen molar-refractivity contribution in [3.8, 4) is 0 Å². The van der Waals surface area contributed by atoms with E-state index in [0.717, 1.165) is 0 Å². The molecule has 0 atom stereocenters. The number of nitrogens with zero attached hydrogens (tertiary/aromatic N) is 1. The highest BCUT2D eigenvalue weighted by atomic mass is 35.5. The fourth-order valence-electron chi connectivity index (χ4n) is 0. The Labute approximate surface area is 57.7 Å². The summed E-state index contributed by atoms with van der Waals surface area (Å²) in [5, 5.41) is 0. The van der Waals surface area contributed by atoms with Crippen LogP contribution in [0.5, 0.6) is 0 Å². The zero-order chi connectivity index (χ0) is 3.58. The number of hydrogen-bond acceptors (Lipinski definition) is 1. The SMILES string of the molecule is CN(C)C.Cl.[Cl-].[NH4+]. The van der Waals surface area contributed by atoms with E-state index in [1.54, 1.807) is 0 Å². The Hall–Kier alpha value is 0.500. The van der Waals surface area contributed by atoms with E-state index in [1.165, 1.54) is 0 Å². The van der Waals surface area contributed by atoms with Crippen molar-refractivity contribution in [2.75, 3.05) is 21.1 Å². The first kappa shape index (κ1) is 25.9. The van der Waals surface area contributed by atoms with E-state index in [0.29, 0.717) is 0 Å². The molecule has 7 heavy (non-hydrogen) atoms. The number of halogens is 2. The third-order valence-corrected chi connectivity index (χ3v) is 0. The predicted octanol–water partition coefficient (Wildman–Crippen LogP) is -2.02. The second kappa shape index (κ2) is 16.1. The largest absolute Gasteiger partial charge is 1.00 e. The molecule has 0 saturated carbocycles. The van der Waals surface area contributed by atoms with Crippen molar-refractivity contribution in [3.63, 3.8) is 0 Å². The van der Waals surface area contributed by atoms with Crippen LogP contribution in [0.15, 0.2) is 0 Å². The van der Waals surface area contributed by atoms with Gasteiger partial charge in [-0.1, -0.05) is 0 Å². The number of hydrogen-bond donors (Lipinski definition) is 1. The molecule has 0 radical (unpaired) electrons. The Morgan fingerprint density at radius 1 is 1.00 bits per heavy atom. The molecule has 0 aromatic heterocycles. The Balaban J connectivity index is -0.0000000150. The van der Waals surface area contributed by atoms with Crippen LogP contribution in [0, 0.1) is 0 Å². The molecule has 4 N–H and O–H groups in total. The minimum atomic E-state index is 0. The molecular weight excluding hydrogens is 135 g/mol. The van der Waals surface area contributed by atoms with E-state index in [9.17, 15) is 0 Å². The lowest BCUT2D eigenvalue weighted by Crippen LogP contribution is -3.00. The van der Waals surface area contributed by atoms with E-state index in [1.807, 2.05) is 26.0 Å². The van der Waals surface area contributed by atoms with Gasteiger partial charge in [-0.25, -0.2) is 0 Å². The van der Waals surface area contributed by atoms with E-state index in [-0.39, 0.29) is 31.0 Å². The minimum Gasteiger partial charge on any atom is -1.00 e. The van der Waals surface area contributed by atoms with Gasteiger partial charge in [0.25, 0.3) is 0 Å². The molecule has 0 aromatic rings. The summed E-state index contributed by atoms with van der Waals surface area (Å²) in [5.74, 6) is 0. The third kappa shape index (κ3) is 527. The summed E-state index contributed by atoms with van der Waals surface area (Å²) < 4.78 is 0. The molecule has 0 amide bonds. The van der Waals surface area contributed by atoms with E-state index in [2.05, 4.69) is 0 Å². The van der Waals surface area contributed by atoms with Crippen LogP contribution in [0.2, 0.25) is 0 Å². The second-order valence-corrected chi connectivity index (χ2v) is 1.34. The Morgan fingerprint density at radius 3 is 1.00 bits per heavy atom. The zero-order valence-electron chi connectivity index (χ0n) is 5.23. The maximum atomic E-state index is 2.00. The van der Waals surface area contributed by atoms with Crippen molar-refractivity contribution in [1.82, 2.24) is 11.1 Å². The average molecular weight is 149 g/mol. The van der Waals surface area contributed by atoms with Gasteiger partial charge in [0, 0.05) is 0 Å². The smallest absolute Gasteiger partial charge is 0.0140 e. The lowest BCUT2D eigenvalue weighted by molar-refractivity contribution is -0.00000174. The monoisotopic (exact) mass is 148 g/mol. The molecule has 0 unspecified atom stereocenters. The Morgan fingerprint density at radius 2 is 1.00 bits per heavy atom. The highest BCUT2D eigenvalue weighted by molar-refractivity contribution is 5.85. The van der Waals surface area contributed by atoms with Crippen molar-refractivity contribution < 1.29 is 12.4 Å². The van der Waals surface area contributed by atoms with Crippen molar-refractivity contribution in [1.29, 1.82) is 0 Å². The minimum absolute atomic E-state index is 0. The molecule has 4 heteroatoms. The van der Waals surface area contributed by atoms with Crippen LogP contribution in [-0.2, 0) is 0 Å². The topological polar surface area (TPSA) is 39.7 Å². The van der Waals surface area contributed by atoms with Gasteiger partial charge in [0.2, 0.25) is 0 Å². The molecule has 0 saturated heterocycles. The maximum absolute atomic E-state index is 2.00. The van der Waals surface area contributed by atoms with Gasteiger partial charge in [-0.2, -0.15) is 0 Å². The lowest BCUT2D eigenvalue weighted by Gasteiger charge is -1.90. The molecule has 0 aliphatic carbocycles. The van der Waals surface area contributed by atoms with Crippen molar-refractivity contribution in [2.24, 2.45) is 0 Å². The number of quaternary nitrogens is 1. The summed E-state index contributed by atoms with van der Waals surface area (Å²) in [7, 11) is 6.00. The Bertz CT molecular complexity index is 15.7. The van der Waals surface area contributed by atoms with Crippen LogP contribution in [0.25, 0.3) is 0 Å². The summed E-state index contributed by atoms with van der Waals surface area (Å²) in [5.41, 5.74) is 0. The fourth-order valence-corrected chi connectivity index (χ4v) is 0. The Kier molecular flexibility index (Phi) is 59.3. The van der Waals surface area contributed by atoms with Crippen molar-refractivity contribution in [2.45, 2.75) is 0 Å². The third-order valence-electron chi connectivity index (χ3n) is 0. The van der Waals surface area contributed by atoms with E-state index >= 15 is 0 Å². The molecule has 2 nitrogen and oxygen atoms in total. The normalized spacial score (nSPS) is 5.14. The average Bonchev–Trinajstić information content (AvgIpc) is 0.811. The predicted molar refractivity (Wildman–Crippen MR) is 32.8 cm³/mol. The van der Waals surface area contributed by atoms with Crippen LogP contribution in [0.1, 0.15) is 0 Å². The van der Waals surface area contributed by atoms with Crippen molar-refractivity contribution >= 4 is 12.4 Å². The second-order valence-electron chi connectivity index (χ2n) is 1.34. The fraction of sp³-hybridized carbons (Fsp3) is 1.00. The van der Waals surface area contributed by atoms with Gasteiger partial charge >= 0.3 is 0 Å². The van der Waals surface area contributed by atoms with Gasteiger partial charge in [0.05, 0.1) is 0 Å². The molecule has 0 aliphatic heterocycles. The first-order valence-corrected chi connectivity index (χ1v) is 1.34.